The molecule has 0 radical (unpaired) electrons. The Morgan fingerprint density at radius 1 is 0.906 bits per heavy atom. The van der Waals surface area contributed by atoms with Crippen molar-refractivity contribution in [2.45, 2.75) is 77.4 Å². The summed E-state index contributed by atoms with van der Waals surface area (Å²) in [6.07, 6.45) is 7.76. The fourth-order valence-electron chi connectivity index (χ4n) is 3.66. The predicted molar refractivity (Wildman–Crippen MR) is 120 cm³/mol. The monoisotopic (exact) mass is 446 g/mol. The fourth-order valence-corrected chi connectivity index (χ4v) is 3.66. The first kappa shape index (κ1) is 24.2. The first-order valence-electron chi connectivity index (χ1n) is 11.6. The van der Waals surface area contributed by atoms with Crippen molar-refractivity contribution < 1.29 is 27.8 Å². The average Bonchev–Trinajstić information content (AvgIpc) is 3.56. The highest BCUT2D eigenvalue weighted by Gasteiger charge is 2.45. The van der Waals surface area contributed by atoms with Gasteiger partial charge >= 0.3 is 5.97 Å². The first-order valence-corrected chi connectivity index (χ1v) is 11.6. The minimum atomic E-state index is -0.989. The number of benzene rings is 2. The van der Waals surface area contributed by atoms with Crippen LogP contribution in [0.15, 0.2) is 36.4 Å². The first-order chi connectivity index (χ1) is 15.5. The number of carbonyl (C=O) groups is 1. The summed E-state index contributed by atoms with van der Waals surface area (Å²) >= 11 is 0. The van der Waals surface area contributed by atoms with Gasteiger partial charge in [-0.15, -0.1) is 0 Å². The summed E-state index contributed by atoms with van der Waals surface area (Å²) in [7, 11) is 0. The molecule has 32 heavy (non-hydrogen) atoms. The third-order valence-corrected chi connectivity index (χ3v) is 5.57. The molecule has 0 N–H and O–H groups in total. The Morgan fingerprint density at radius 3 is 2.34 bits per heavy atom. The molecular formula is C26H32F2O4. The standard InChI is InChI=1S/C26H32F2O4/c1-3-5-6-7-8-9-17-30-21-16-15-20(23(27)24(21)28)18-11-13-19(14-12-18)31-26(29)25-22(32-25)10-4-2/h11-16,22,25H,3-10,17H2,1-2H3. The molecule has 2 atom stereocenters. The maximum atomic E-state index is 14.6. The molecule has 0 aliphatic carbocycles. The van der Waals surface area contributed by atoms with Gasteiger partial charge in [-0.25, -0.2) is 9.18 Å². The summed E-state index contributed by atoms with van der Waals surface area (Å²) in [6, 6.07) is 9.26. The van der Waals surface area contributed by atoms with Crippen LogP contribution in [-0.4, -0.2) is 24.8 Å². The maximum Gasteiger partial charge on any atom is 0.343 e. The van der Waals surface area contributed by atoms with Crippen LogP contribution >= 0.6 is 0 Å². The van der Waals surface area contributed by atoms with Crippen molar-refractivity contribution in [2.75, 3.05) is 6.61 Å². The van der Waals surface area contributed by atoms with E-state index in [1.165, 1.54) is 31.4 Å². The average molecular weight is 447 g/mol. The Bertz CT molecular complexity index is 882. The van der Waals surface area contributed by atoms with E-state index in [0.29, 0.717) is 17.9 Å². The Kier molecular flexibility index (Phi) is 9.03. The topological polar surface area (TPSA) is 48.1 Å². The molecule has 1 saturated heterocycles. The molecule has 2 aromatic rings. The summed E-state index contributed by atoms with van der Waals surface area (Å²) in [4.78, 5) is 12.1. The van der Waals surface area contributed by atoms with Gasteiger partial charge in [-0.3, -0.25) is 0 Å². The minimum absolute atomic E-state index is 0.0642. The van der Waals surface area contributed by atoms with Crippen molar-refractivity contribution >= 4 is 5.97 Å². The van der Waals surface area contributed by atoms with Crippen LogP contribution in [0.25, 0.3) is 11.1 Å². The van der Waals surface area contributed by atoms with Gasteiger partial charge < -0.3 is 14.2 Å². The molecule has 1 fully saturated rings. The van der Waals surface area contributed by atoms with Gasteiger partial charge in [0.2, 0.25) is 5.82 Å². The lowest BCUT2D eigenvalue weighted by Crippen LogP contribution is -2.17. The highest BCUT2D eigenvalue weighted by molar-refractivity contribution is 5.80. The van der Waals surface area contributed by atoms with Crippen LogP contribution in [0.1, 0.15) is 65.2 Å². The number of carbonyl (C=O) groups excluding carboxylic acids is 1. The zero-order valence-electron chi connectivity index (χ0n) is 18.9. The Labute approximate surface area is 188 Å². The largest absolute Gasteiger partial charge is 0.490 e. The van der Waals surface area contributed by atoms with Crippen molar-refractivity contribution in [3.8, 4) is 22.6 Å². The Hall–Kier alpha value is -2.47. The van der Waals surface area contributed by atoms with Gasteiger partial charge in [0, 0.05) is 5.56 Å². The van der Waals surface area contributed by atoms with E-state index >= 15 is 0 Å². The van der Waals surface area contributed by atoms with E-state index in [4.69, 9.17) is 14.2 Å². The number of ether oxygens (including phenoxy) is 3. The van der Waals surface area contributed by atoms with E-state index in [0.717, 1.165) is 32.1 Å². The van der Waals surface area contributed by atoms with Gasteiger partial charge in [0.05, 0.1) is 12.7 Å². The summed E-state index contributed by atoms with van der Waals surface area (Å²) in [5, 5.41) is 0. The van der Waals surface area contributed by atoms with E-state index in [1.807, 2.05) is 6.92 Å². The van der Waals surface area contributed by atoms with Gasteiger partial charge in [-0.1, -0.05) is 64.5 Å². The lowest BCUT2D eigenvalue weighted by Gasteiger charge is -2.11. The molecule has 174 valence electrons. The molecule has 1 heterocycles. The number of esters is 1. The second-order valence-electron chi connectivity index (χ2n) is 8.18. The van der Waals surface area contributed by atoms with Crippen molar-refractivity contribution in [1.82, 2.24) is 0 Å². The molecule has 2 unspecified atom stereocenters. The molecule has 0 saturated carbocycles. The van der Waals surface area contributed by atoms with E-state index in [2.05, 4.69) is 6.92 Å². The van der Waals surface area contributed by atoms with E-state index in [-0.39, 0.29) is 17.4 Å². The predicted octanol–water partition coefficient (Wildman–Crippen LogP) is 6.84. The Morgan fingerprint density at radius 2 is 1.62 bits per heavy atom. The number of epoxide rings is 1. The Balaban J connectivity index is 1.53. The lowest BCUT2D eigenvalue weighted by atomic mass is 10.0. The third-order valence-electron chi connectivity index (χ3n) is 5.57. The highest BCUT2D eigenvalue weighted by Crippen LogP contribution is 2.32. The fraction of sp³-hybridized carbons (Fsp3) is 0.500. The molecule has 0 spiro atoms. The van der Waals surface area contributed by atoms with Gasteiger partial charge in [-0.05, 0) is 42.7 Å². The summed E-state index contributed by atoms with van der Waals surface area (Å²) in [6.45, 7) is 4.56. The van der Waals surface area contributed by atoms with Gasteiger partial charge in [0.1, 0.15) is 5.75 Å². The number of hydrogen-bond acceptors (Lipinski definition) is 4. The molecule has 2 aromatic carbocycles. The van der Waals surface area contributed by atoms with Crippen LogP contribution in [-0.2, 0) is 9.53 Å². The zero-order valence-corrected chi connectivity index (χ0v) is 18.9. The second kappa shape index (κ2) is 12.0. The molecule has 1 aliphatic rings. The van der Waals surface area contributed by atoms with Crippen molar-refractivity contribution in [3.05, 3.63) is 48.0 Å². The van der Waals surface area contributed by atoms with E-state index in [9.17, 15) is 13.6 Å². The molecule has 0 aromatic heterocycles. The SMILES string of the molecule is CCCCCCCCOc1ccc(-c2ccc(OC(=O)C3OC3CCC)cc2)c(F)c1F. The number of rotatable bonds is 13. The zero-order chi connectivity index (χ0) is 22.9. The van der Waals surface area contributed by atoms with Crippen molar-refractivity contribution in [2.24, 2.45) is 0 Å². The maximum absolute atomic E-state index is 14.6. The van der Waals surface area contributed by atoms with Crippen LogP contribution in [0.3, 0.4) is 0 Å². The van der Waals surface area contributed by atoms with Gasteiger partial charge in [0.25, 0.3) is 0 Å². The van der Waals surface area contributed by atoms with Crippen LogP contribution in [0.2, 0.25) is 0 Å². The minimum Gasteiger partial charge on any atom is -0.490 e. The van der Waals surface area contributed by atoms with Crippen LogP contribution < -0.4 is 9.47 Å². The van der Waals surface area contributed by atoms with E-state index < -0.39 is 23.7 Å². The van der Waals surface area contributed by atoms with Crippen molar-refractivity contribution in [3.63, 3.8) is 0 Å². The molecule has 3 rings (SSSR count). The lowest BCUT2D eigenvalue weighted by molar-refractivity contribution is -0.135. The van der Waals surface area contributed by atoms with E-state index in [1.54, 1.807) is 24.3 Å². The summed E-state index contributed by atoms with van der Waals surface area (Å²) in [5.74, 6) is -2.11. The molecule has 1 aliphatic heterocycles. The summed E-state index contributed by atoms with van der Waals surface area (Å²) < 4.78 is 45.2. The number of hydrogen-bond donors (Lipinski definition) is 0. The molecule has 4 nitrogen and oxygen atoms in total. The smallest absolute Gasteiger partial charge is 0.343 e. The number of unbranched alkanes of at least 4 members (excludes halogenated alkanes) is 5. The quantitative estimate of drug-likeness (QED) is 0.146. The van der Waals surface area contributed by atoms with Crippen LogP contribution in [0, 0.1) is 11.6 Å². The normalized spacial score (nSPS) is 17.2. The third kappa shape index (κ3) is 6.52. The molecule has 0 amide bonds. The van der Waals surface area contributed by atoms with Gasteiger partial charge in [0.15, 0.2) is 17.7 Å². The van der Waals surface area contributed by atoms with Gasteiger partial charge in [-0.2, -0.15) is 4.39 Å². The van der Waals surface area contributed by atoms with Crippen molar-refractivity contribution in [1.29, 1.82) is 0 Å². The molecular weight excluding hydrogens is 414 g/mol. The summed E-state index contributed by atoms with van der Waals surface area (Å²) in [5.41, 5.74) is 0.607. The highest BCUT2D eigenvalue weighted by atomic mass is 19.2. The molecule has 6 heteroatoms. The number of halogens is 2. The van der Waals surface area contributed by atoms with Crippen LogP contribution in [0.5, 0.6) is 11.5 Å². The second-order valence-corrected chi connectivity index (χ2v) is 8.18. The van der Waals surface area contributed by atoms with Crippen LogP contribution in [0.4, 0.5) is 8.78 Å². The molecule has 0 bridgehead atoms.